The highest BCUT2D eigenvalue weighted by molar-refractivity contribution is 5.67. The van der Waals surface area contributed by atoms with E-state index >= 15 is 0 Å². The molecule has 1 aliphatic heterocycles. The van der Waals surface area contributed by atoms with E-state index in [4.69, 9.17) is 11.0 Å². The first-order valence-electron chi connectivity index (χ1n) is 4.14. The average molecular weight is 183 g/mol. The Labute approximate surface area is 77.1 Å². The first-order valence-corrected chi connectivity index (χ1v) is 4.14. The van der Waals surface area contributed by atoms with E-state index in [0.717, 1.165) is 6.42 Å². The molecular weight excluding hydrogens is 170 g/mol. The van der Waals surface area contributed by atoms with Gasteiger partial charge in [0.05, 0.1) is 19.7 Å². The van der Waals surface area contributed by atoms with Gasteiger partial charge < -0.3 is 15.4 Å². The third-order valence-electron chi connectivity index (χ3n) is 2.18. The van der Waals surface area contributed by atoms with Gasteiger partial charge in [-0.2, -0.15) is 5.26 Å². The summed E-state index contributed by atoms with van der Waals surface area (Å²) in [5.74, 6) is 0. The summed E-state index contributed by atoms with van der Waals surface area (Å²) < 4.78 is 4.55. The van der Waals surface area contributed by atoms with E-state index in [2.05, 4.69) is 4.74 Å². The lowest BCUT2D eigenvalue weighted by Gasteiger charge is -2.34. The fraction of sp³-hybridized carbons (Fsp3) is 0.750. The Balaban J connectivity index is 2.62. The Morgan fingerprint density at radius 1 is 1.77 bits per heavy atom. The number of methoxy groups -OCH3 is 1. The van der Waals surface area contributed by atoms with Gasteiger partial charge in [0.2, 0.25) is 0 Å². The summed E-state index contributed by atoms with van der Waals surface area (Å²) in [5.41, 5.74) is 4.83. The smallest absolute Gasteiger partial charge is 0.409 e. The van der Waals surface area contributed by atoms with Crippen LogP contribution in [-0.4, -0.2) is 36.7 Å². The maximum absolute atomic E-state index is 11.1. The van der Waals surface area contributed by atoms with Gasteiger partial charge in [-0.15, -0.1) is 0 Å². The summed E-state index contributed by atoms with van der Waals surface area (Å²) in [5, 5.41) is 8.77. The molecule has 1 rings (SSSR count). The number of nitrogens with two attached hydrogens (primary N) is 1. The van der Waals surface area contributed by atoms with Crippen molar-refractivity contribution in [2.24, 2.45) is 5.73 Å². The van der Waals surface area contributed by atoms with E-state index < -0.39 is 11.6 Å². The van der Waals surface area contributed by atoms with Gasteiger partial charge in [0.25, 0.3) is 0 Å². The molecule has 0 aromatic carbocycles. The fourth-order valence-electron chi connectivity index (χ4n) is 1.46. The van der Waals surface area contributed by atoms with Gasteiger partial charge in [-0.05, 0) is 12.8 Å². The maximum Gasteiger partial charge on any atom is 0.409 e. The molecule has 13 heavy (non-hydrogen) atoms. The Bertz CT molecular complexity index is 248. The summed E-state index contributed by atoms with van der Waals surface area (Å²) in [7, 11) is 1.32. The minimum absolute atomic E-state index is 0.260. The molecule has 1 heterocycles. The molecule has 0 aliphatic carbocycles. The van der Waals surface area contributed by atoms with Crippen LogP contribution in [0.25, 0.3) is 0 Å². The van der Waals surface area contributed by atoms with Crippen LogP contribution < -0.4 is 5.73 Å². The van der Waals surface area contributed by atoms with E-state index in [-0.39, 0.29) is 6.54 Å². The second kappa shape index (κ2) is 3.62. The highest BCUT2D eigenvalue weighted by Gasteiger charge is 2.34. The highest BCUT2D eigenvalue weighted by Crippen LogP contribution is 2.18. The second-order valence-electron chi connectivity index (χ2n) is 3.26. The SMILES string of the molecule is COC(=O)N1CCCC(N)(C#N)C1. The number of hydrogen-bond acceptors (Lipinski definition) is 4. The van der Waals surface area contributed by atoms with Gasteiger partial charge in [-0.3, -0.25) is 0 Å². The van der Waals surface area contributed by atoms with Crippen LogP contribution in [0.3, 0.4) is 0 Å². The Kier molecular flexibility index (Phi) is 2.73. The Morgan fingerprint density at radius 2 is 2.46 bits per heavy atom. The van der Waals surface area contributed by atoms with Crippen molar-refractivity contribution < 1.29 is 9.53 Å². The average Bonchev–Trinajstić information content (AvgIpc) is 2.17. The minimum Gasteiger partial charge on any atom is -0.453 e. The van der Waals surface area contributed by atoms with Crippen molar-refractivity contribution in [1.82, 2.24) is 4.90 Å². The van der Waals surface area contributed by atoms with Gasteiger partial charge in [0.15, 0.2) is 0 Å². The Morgan fingerprint density at radius 3 is 3.00 bits per heavy atom. The number of nitriles is 1. The minimum atomic E-state index is -0.896. The lowest BCUT2D eigenvalue weighted by molar-refractivity contribution is 0.104. The van der Waals surface area contributed by atoms with Crippen LogP contribution in [0.2, 0.25) is 0 Å². The first-order chi connectivity index (χ1) is 6.11. The van der Waals surface area contributed by atoms with Gasteiger partial charge in [-0.25, -0.2) is 4.79 Å². The number of carbonyl (C=O) groups is 1. The predicted octanol–water partition coefficient (Wildman–Crippen LogP) is 0.0697. The molecular formula is C8H13N3O2. The quantitative estimate of drug-likeness (QED) is 0.576. The maximum atomic E-state index is 11.1. The summed E-state index contributed by atoms with van der Waals surface area (Å²) in [4.78, 5) is 12.6. The number of rotatable bonds is 0. The lowest BCUT2D eigenvalue weighted by atomic mass is 9.92. The van der Waals surface area contributed by atoms with Crippen molar-refractivity contribution >= 4 is 6.09 Å². The standard InChI is InChI=1S/C8H13N3O2/c1-13-7(12)11-4-2-3-8(10,5-9)6-11/h2-4,6,10H2,1H3. The number of hydrogen-bond donors (Lipinski definition) is 1. The number of piperidine rings is 1. The number of likely N-dealkylation sites (tertiary alicyclic amines) is 1. The van der Waals surface area contributed by atoms with Crippen molar-refractivity contribution in [3.8, 4) is 6.07 Å². The first kappa shape index (κ1) is 9.81. The van der Waals surface area contributed by atoms with Gasteiger partial charge in [0, 0.05) is 6.54 Å². The third-order valence-corrected chi connectivity index (χ3v) is 2.18. The van der Waals surface area contributed by atoms with Crippen molar-refractivity contribution in [2.75, 3.05) is 20.2 Å². The molecule has 1 saturated heterocycles. The molecule has 5 nitrogen and oxygen atoms in total. The molecule has 1 aliphatic rings. The van der Waals surface area contributed by atoms with Crippen LogP contribution in [0.4, 0.5) is 4.79 Å². The van der Waals surface area contributed by atoms with Crippen LogP contribution in [0.1, 0.15) is 12.8 Å². The van der Waals surface area contributed by atoms with Crippen molar-refractivity contribution in [2.45, 2.75) is 18.4 Å². The van der Waals surface area contributed by atoms with Crippen molar-refractivity contribution in [1.29, 1.82) is 5.26 Å². The predicted molar refractivity (Wildman–Crippen MR) is 45.7 cm³/mol. The van der Waals surface area contributed by atoms with Crippen LogP contribution in [0.5, 0.6) is 0 Å². The molecule has 1 amide bonds. The zero-order chi connectivity index (χ0) is 9.90. The summed E-state index contributed by atoms with van der Waals surface area (Å²) in [6.07, 6.45) is 0.973. The summed E-state index contributed by atoms with van der Waals surface area (Å²) >= 11 is 0. The van der Waals surface area contributed by atoms with E-state index in [1.165, 1.54) is 12.0 Å². The molecule has 0 aromatic rings. The van der Waals surface area contributed by atoms with Gasteiger partial charge >= 0.3 is 6.09 Å². The number of ether oxygens (including phenoxy) is 1. The van der Waals surface area contributed by atoms with Crippen LogP contribution in [0.15, 0.2) is 0 Å². The largest absolute Gasteiger partial charge is 0.453 e. The van der Waals surface area contributed by atoms with Crippen molar-refractivity contribution in [3.05, 3.63) is 0 Å². The van der Waals surface area contributed by atoms with E-state index in [1.54, 1.807) is 0 Å². The fourth-order valence-corrected chi connectivity index (χ4v) is 1.46. The van der Waals surface area contributed by atoms with Crippen LogP contribution in [-0.2, 0) is 4.74 Å². The Hall–Kier alpha value is -1.28. The number of carbonyl (C=O) groups excluding carboxylic acids is 1. The van der Waals surface area contributed by atoms with Gasteiger partial charge in [0.1, 0.15) is 5.54 Å². The van der Waals surface area contributed by atoms with Crippen LogP contribution >= 0.6 is 0 Å². The third kappa shape index (κ3) is 2.10. The zero-order valence-corrected chi connectivity index (χ0v) is 7.62. The highest BCUT2D eigenvalue weighted by atomic mass is 16.5. The zero-order valence-electron chi connectivity index (χ0n) is 7.62. The lowest BCUT2D eigenvalue weighted by Crippen LogP contribution is -2.54. The monoisotopic (exact) mass is 183 g/mol. The molecule has 1 unspecified atom stereocenters. The topological polar surface area (TPSA) is 79.3 Å². The van der Waals surface area contributed by atoms with Crippen LogP contribution in [0, 0.1) is 11.3 Å². The molecule has 0 aromatic heterocycles. The molecule has 1 atom stereocenters. The number of amides is 1. The molecule has 72 valence electrons. The van der Waals surface area contributed by atoms with Crippen molar-refractivity contribution in [3.63, 3.8) is 0 Å². The molecule has 1 fully saturated rings. The number of nitrogens with zero attached hydrogens (tertiary/aromatic N) is 2. The summed E-state index contributed by atoms with van der Waals surface area (Å²) in [6.45, 7) is 0.878. The normalized spacial score (nSPS) is 27.9. The molecule has 0 bridgehead atoms. The molecule has 0 radical (unpaired) electrons. The molecule has 2 N–H and O–H groups in total. The molecule has 5 heteroatoms. The molecule has 0 saturated carbocycles. The van der Waals surface area contributed by atoms with E-state index in [9.17, 15) is 4.79 Å². The molecule has 0 spiro atoms. The summed E-state index contributed by atoms with van der Waals surface area (Å²) in [6, 6.07) is 2.02. The van der Waals surface area contributed by atoms with E-state index in [0.29, 0.717) is 13.0 Å². The van der Waals surface area contributed by atoms with E-state index in [1.807, 2.05) is 6.07 Å². The second-order valence-corrected chi connectivity index (χ2v) is 3.26. The van der Waals surface area contributed by atoms with Gasteiger partial charge in [-0.1, -0.05) is 0 Å².